The van der Waals surface area contributed by atoms with Crippen LogP contribution >= 0.6 is 23.2 Å². The van der Waals surface area contributed by atoms with Crippen LogP contribution < -0.4 is 15.4 Å². The maximum absolute atomic E-state index is 12.0. The molecule has 122 valence electrons. The van der Waals surface area contributed by atoms with Gasteiger partial charge in [0.2, 0.25) is 5.91 Å². The highest BCUT2D eigenvalue weighted by molar-refractivity contribution is 6.31. The zero-order valence-electron chi connectivity index (χ0n) is 12.7. The summed E-state index contributed by atoms with van der Waals surface area (Å²) in [5, 5.41) is 7.27. The molecule has 0 atom stereocenters. The van der Waals surface area contributed by atoms with Gasteiger partial charge in [0.25, 0.3) is 0 Å². The molecule has 2 N–H and O–H groups in total. The van der Waals surface area contributed by atoms with Gasteiger partial charge < -0.3 is 15.4 Å². The van der Waals surface area contributed by atoms with Crippen molar-refractivity contribution in [1.29, 1.82) is 0 Å². The summed E-state index contributed by atoms with van der Waals surface area (Å²) in [5.41, 5.74) is 1.69. The van der Waals surface area contributed by atoms with E-state index >= 15 is 0 Å². The first-order valence-corrected chi connectivity index (χ1v) is 7.92. The van der Waals surface area contributed by atoms with Crippen molar-refractivity contribution in [3.8, 4) is 5.75 Å². The predicted molar refractivity (Wildman–Crippen MR) is 94.4 cm³/mol. The number of methoxy groups -OCH3 is 1. The van der Waals surface area contributed by atoms with Crippen molar-refractivity contribution in [2.24, 2.45) is 0 Å². The summed E-state index contributed by atoms with van der Waals surface area (Å²) in [6.07, 6.45) is 0.350. The summed E-state index contributed by atoms with van der Waals surface area (Å²) >= 11 is 11.8. The van der Waals surface area contributed by atoms with Crippen molar-refractivity contribution in [3.63, 3.8) is 0 Å². The first kappa shape index (κ1) is 17.6. The van der Waals surface area contributed by atoms with Gasteiger partial charge >= 0.3 is 0 Å². The molecular weight excluding hydrogens is 335 g/mol. The number of nitrogens with one attached hydrogen (secondary N) is 2. The third-order valence-electron chi connectivity index (χ3n) is 3.21. The van der Waals surface area contributed by atoms with Crippen molar-refractivity contribution in [1.82, 2.24) is 5.32 Å². The second-order valence-corrected chi connectivity index (χ2v) is 5.82. The molecule has 0 aliphatic heterocycles. The van der Waals surface area contributed by atoms with Gasteiger partial charge in [-0.05, 0) is 35.9 Å². The predicted octanol–water partition coefficient (Wildman–Crippen LogP) is 4.12. The highest BCUT2D eigenvalue weighted by atomic mass is 35.5. The Balaban J connectivity index is 1.77. The number of rotatable bonds is 7. The van der Waals surface area contributed by atoms with Gasteiger partial charge in [-0.3, -0.25) is 4.79 Å². The Morgan fingerprint density at radius 3 is 2.48 bits per heavy atom. The fourth-order valence-electron chi connectivity index (χ4n) is 2.03. The molecule has 0 saturated heterocycles. The molecule has 0 fully saturated rings. The van der Waals surface area contributed by atoms with E-state index in [2.05, 4.69) is 10.6 Å². The summed E-state index contributed by atoms with van der Waals surface area (Å²) < 4.78 is 5.19. The minimum absolute atomic E-state index is 0.103. The zero-order chi connectivity index (χ0) is 16.7. The van der Waals surface area contributed by atoms with Crippen LogP contribution in [0.4, 0.5) is 5.69 Å². The minimum Gasteiger partial charge on any atom is -0.495 e. The Morgan fingerprint density at radius 2 is 1.78 bits per heavy atom. The van der Waals surface area contributed by atoms with Crippen LogP contribution in [0.15, 0.2) is 42.5 Å². The Hall–Kier alpha value is -1.75. The van der Waals surface area contributed by atoms with Crippen LogP contribution in [0, 0.1) is 0 Å². The topological polar surface area (TPSA) is 50.4 Å². The van der Waals surface area contributed by atoms with Crippen molar-refractivity contribution < 1.29 is 9.53 Å². The second-order valence-electron chi connectivity index (χ2n) is 4.95. The van der Waals surface area contributed by atoms with Crippen LogP contribution in [0.25, 0.3) is 0 Å². The van der Waals surface area contributed by atoms with Gasteiger partial charge in [-0.15, -0.1) is 0 Å². The molecule has 2 rings (SSSR count). The van der Waals surface area contributed by atoms with E-state index in [1.165, 1.54) is 0 Å². The standard InChI is InChI=1S/C17H18Cl2N2O2/c1-23-16-7-6-14(19)10-15(16)21-17(22)8-9-20-11-12-2-4-13(18)5-3-12/h2-7,10,20H,8-9,11H2,1H3,(H,21,22). The van der Waals surface area contributed by atoms with Crippen LogP contribution in [0.5, 0.6) is 5.75 Å². The number of carbonyl (C=O) groups is 1. The summed E-state index contributed by atoms with van der Waals surface area (Å²) in [6.45, 7) is 1.25. The lowest BCUT2D eigenvalue weighted by atomic mass is 10.2. The highest BCUT2D eigenvalue weighted by Gasteiger charge is 2.08. The number of hydrogen-bond acceptors (Lipinski definition) is 3. The average molecular weight is 353 g/mol. The highest BCUT2D eigenvalue weighted by Crippen LogP contribution is 2.27. The molecule has 2 aromatic carbocycles. The van der Waals surface area contributed by atoms with E-state index in [0.29, 0.717) is 41.0 Å². The molecule has 0 heterocycles. The van der Waals surface area contributed by atoms with E-state index in [4.69, 9.17) is 27.9 Å². The molecule has 4 nitrogen and oxygen atoms in total. The number of anilines is 1. The number of benzene rings is 2. The normalized spacial score (nSPS) is 10.4. The third kappa shape index (κ3) is 5.75. The number of ether oxygens (including phenoxy) is 1. The maximum Gasteiger partial charge on any atom is 0.225 e. The van der Waals surface area contributed by atoms with Gasteiger partial charge in [0, 0.05) is 29.6 Å². The van der Waals surface area contributed by atoms with E-state index in [1.807, 2.05) is 24.3 Å². The summed E-state index contributed by atoms with van der Waals surface area (Å²) in [7, 11) is 1.55. The Kier molecular flexibility index (Phi) is 6.71. The van der Waals surface area contributed by atoms with Gasteiger partial charge in [-0.2, -0.15) is 0 Å². The van der Waals surface area contributed by atoms with E-state index in [9.17, 15) is 4.79 Å². The zero-order valence-corrected chi connectivity index (χ0v) is 14.2. The summed E-state index contributed by atoms with van der Waals surface area (Å²) in [6, 6.07) is 12.7. The largest absolute Gasteiger partial charge is 0.495 e. The third-order valence-corrected chi connectivity index (χ3v) is 3.69. The molecule has 0 bridgehead atoms. The van der Waals surface area contributed by atoms with Crippen LogP contribution in [0.2, 0.25) is 10.0 Å². The quantitative estimate of drug-likeness (QED) is 0.737. The first-order chi connectivity index (χ1) is 11.1. The maximum atomic E-state index is 12.0. The summed E-state index contributed by atoms with van der Waals surface area (Å²) in [5.74, 6) is 0.478. The molecule has 0 radical (unpaired) electrons. The van der Waals surface area contributed by atoms with Crippen LogP contribution in [0.3, 0.4) is 0 Å². The molecule has 2 aromatic rings. The van der Waals surface area contributed by atoms with Crippen LogP contribution in [-0.2, 0) is 11.3 Å². The molecule has 23 heavy (non-hydrogen) atoms. The van der Waals surface area contributed by atoms with Gasteiger partial charge in [-0.25, -0.2) is 0 Å². The van der Waals surface area contributed by atoms with Crippen molar-refractivity contribution in [2.75, 3.05) is 19.0 Å². The molecule has 1 amide bonds. The van der Waals surface area contributed by atoms with Crippen LogP contribution in [-0.4, -0.2) is 19.6 Å². The number of hydrogen-bond donors (Lipinski definition) is 2. The van der Waals surface area contributed by atoms with Gasteiger partial charge in [0.15, 0.2) is 0 Å². The van der Waals surface area contributed by atoms with Crippen molar-refractivity contribution >= 4 is 34.8 Å². The van der Waals surface area contributed by atoms with Gasteiger partial charge in [0.05, 0.1) is 12.8 Å². The Labute approximate surface area is 145 Å². The Morgan fingerprint density at radius 1 is 1.09 bits per heavy atom. The smallest absolute Gasteiger partial charge is 0.225 e. The molecule has 0 aliphatic carbocycles. The number of halogens is 2. The van der Waals surface area contributed by atoms with E-state index in [1.54, 1.807) is 25.3 Å². The first-order valence-electron chi connectivity index (χ1n) is 7.17. The average Bonchev–Trinajstić information content (AvgIpc) is 2.53. The Bertz CT molecular complexity index is 660. The lowest BCUT2D eigenvalue weighted by Gasteiger charge is -2.11. The molecule has 0 spiro atoms. The van der Waals surface area contributed by atoms with Crippen molar-refractivity contribution in [3.05, 3.63) is 58.1 Å². The second kappa shape index (κ2) is 8.77. The number of carbonyl (C=O) groups excluding carboxylic acids is 1. The monoisotopic (exact) mass is 352 g/mol. The molecular formula is C17H18Cl2N2O2. The minimum atomic E-state index is -0.103. The van der Waals surface area contributed by atoms with E-state index in [0.717, 1.165) is 5.56 Å². The molecule has 6 heteroatoms. The fraction of sp³-hybridized carbons (Fsp3) is 0.235. The molecule has 0 aliphatic rings. The lowest BCUT2D eigenvalue weighted by molar-refractivity contribution is -0.116. The van der Waals surface area contributed by atoms with Gasteiger partial charge in [-0.1, -0.05) is 35.3 Å². The molecule has 0 unspecified atom stereocenters. The molecule has 0 aromatic heterocycles. The van der Waals surface area contributed by atoms with Crippen LogP contribution in [0.1, 0.15) is 12.0 Å². The van der Waals surface area contributed by atoms with E-state index < -0.39 is 0 Å². The van der Waals surface area contributed by atoms with Crippen molar-refractivity contribution in [2.45, 2.75) is 13.0 Å². The van der Waals surface area contributed by atoms with E-state index in [-0.39, 0.29) is 5.91 Å². The van der Waals surface area contributed by atoms with Gasteiger partial charge in [0.1, 0.15) is 5.75 Å². The summed E-state index contributed by atoms with van der Waals surface area (Å²) in [4.78, 5) is 12.0. The fourth-order valence-corrected chi connectivity index (χ4v) is 2.33. The SMILES string of the molecule is COc1ccc(Cl)cc1NC(=O)CCNCc1ccc(Cl)cc1. The number of amides is 1. The lowest BCUT2D eigenvalue weighted by Crippen LogP contribution is -2.21. The molecule has 0 saturated carbocycles.